The molecule has 1 aromatic carbocycles. The summed E-state index contributed by atoms with van der Waals surface area (Å²) in [5.41, 5.74) is 6.52. The summed E-state index contributed by atoms with van der Waals surface area (Å²) in [5, 5.41) is 0. The maximum absolute atomic E-state index is 5.39. The highest BCUT2D eigenvalue weighted by Gasteiger charge is 2.18. The zero-order valence-electron chi connectivity index (χ0n) is 6.60. The fraction of sp³-hybridized carbons (Fsp3) is 0.222. The minimum Gasteiger partial charge on any atom is -0.455 e. The van der Waals surface area contributed by atoms with Crippen molar-refractivity contribution in [3.8, 4) is 0 Å². The van der Waals surface area contributed by atoms with Crippen LogP contribution in [0.3, 0.4) is 0 Å². The van der Waals surface area contributed by atoms with E-state index in [2.05, 4.69) is 4.99 Å². The van der Waals surface area contributed by atoms with Crippen molar-refractivity contribution in [3.05, 3.63) is 35.9 Å². The number of nitrogens with two attached hydrogens (primary N) is 1. The number of hydrogen-bond donors (Lipinski definition) is 1. The summed E-state index contributed by atoms with van der Waals surface area (Å²) in [7, 11) is 0. The van der Waals surface area contributed by atoms with E-state index in [0.717, 1.165) is 5.56 Å². The molecule has 12 heavy (non-hydrogen) atoms. The van der Waals surface area contributed by atoms with Crippen LogP contribution in [0.15, 0.2) is 35.3 Å². The predicted octanol–water partition coefficient (Wildman–Crippen LogP) is 1.07. The van der Waals surface area contributed by atoms with E-state index < -0.39 is 0 Å². The Morgan fingerprint density at radius 3 is 2.67 bits per heavy atom. The molecule has 2 rings (SSSR count). The molecule has 0 radical (unpaired) electrons. The summed E-state index contributed by atoms with van der Waals surface area (Å²) in [6, 6.07) is 10.3. The van der Waals surface area contributed by atoms with Gasteiger partial charge in [0.15, 0.2) is 0 Å². The first kappa shape index (κ1) is 7.16. The van der Waals surface area contributed by atoms with Crippen LogP contribution in [0.4, 0.5) is 0 Å². The zero-order chi connectivity index (χ0) is 8.39. The van der Waals surface area contributed by atoms with Gasteiger partial charge in [-0.15, -0.1) is 0 Å². The molecular formula is C9H10N2O. The van der Waals surface area contributed by atoms with Crippen molar-refractivity contribution in [2.24, 2.45) is 10.7 Å². The summed E-state index contributed by atoms with van der Waals surface area (Å²) in [6.07, 6.45) is 0.0196. The van der Waals surface area contributed by atoms with Gasteiger partial charge in [0.2, 0.25) is 0 Å². The van der Waals surface area contributed by atoms with Crippen LogP contribution < -0.4 is 5.73 Å². The maximum atomic E-state index is 5.39. The molecule has 0 unspecified atom stereocenters. The number of amidine groups is 1. The molecule has 0 amide bonds. The highest BCUT2D eigenvalue weighted by Crippen LogP contribution is 2.20. The van der Waals surface area contributed by atoms with Crippen LogP contribution in [0.25, 0.3) is 0 Å². The summed E-state index contributed by atoms with van der Waals surface area (Å²) < 4.78 is 5.28. The Labute approximate surface area is 70.9 Å². The first-order valence-electron chi connectivity index (χ1n) is 3.88. The van der Waals surface area contributed by atoms with E-state index in [-0.39, 0.29) is 6.10 Å². The lowest BCUT2D eigenvalue weighted by Crippen LogP contribution is -2.12. The molecule has 1 atom stereocenters. The van der Waals surface area contributed by atoms with Gasteiger partial charge in [-0.3, -0.25) is 0 Å². The molecule has 3 heteroatoms. The Hall–Kier alpha value is -1.51. The van der Waals surface area contributed by atoms with Crippen LogP contribution in [0.1, 0.15) is 11.7 Å². The lowest BCUT2D eigenvalue weighted by molar-refractivity contribution is 0.226. The molecule has 3 nitrogen and oxygen atoms in total. The van der Waals surface area contributed by atoms with Gasteiger partial charge in [0.05, 0.1) is 6.54 Å². The van der Waals surface area contributed by atoms with E-state index in [1.165, 1.54) is 0 Å². The smallest absolute Gasteiger partial charge is 0.282 e. The monoisotopic (exact) mass is 162 g/mol. The fourth-order valence-electron chi connectivity index (χ4n) is 1.23. The standard InChI is InChI=1S/C9H10N2O/c10-9-11-6-8(12-9)7-4-2-1-3-5-7/h1-5,8H,6H2,(H2,10,11)/t8-/m1/s1. The van der Waals surface area contributed by atoms with Crippen molar-refractivity contribution in [1.29, 1.82) is 0 Å². The topological polar surface area (TPSA) is 47.6 Å². The van der Waals surface area contributed by atoms with E-state index in [4.69, 9.17) is 10.5 Å². The zero-order valence-corrected chi connectivity index (χ0v) is 6.60. The lowest BCUT2D eigenvalue weighted by atomic mass is 10.1. The first-order chi connectivity index (χ1) is 5.86. The average molecular weight is 162 g/mol. The molecule has 1 aromatic rings. The molecule has 62 valence electrons. The van der Waals surface area contributed by atoms with Crippen molar-refractivity contribution in [2.75, 3.05) is 6.54 Å². The van der Waals surface area contributed by atoms with Gasteiger partial charge in [0.1, 0.15) is 6.10 Å². The lowest BCUT2D eigenvalue weighted by Gasteiger charge is -2.08. The highest BCUT2D eigenvalue weighted by atomic mass is 16.5. The molecule has 0 fully saturated rings. The maximum Gasteiger partial charge on any atom is 0.282 e. The Balaban J connectivity index is 2.14. The van der Waals surface area contributed by atoms with Crippen LogP contribution in [0.2, 0.25) is 0 Å². The number of hydrogen-bond acceptors (Lipinski definition) is 3. The molecule has 1 aliphatic rings. The second-order valence-electron chi connectivity index (χ2n) is 2.70. The third kappa shape index (κ3) is 1.25. The number of rotatable bonds is 1. The quantitative estimate of drug-likeness (QED) is 0.671. The fourth-order valence-corrected chi connectivity index (χ4v) is 1.23. The number of aliphatic imine (C=N–C) groups is 1. The molecule has 1 heterocycles. The van der Waals surface area contributed by atoms with Crippen LogP contribution in [-0.2, 0) is 4.74 Å². The molecule has 0 aliphatic carbocycles. The van der Waals surface area contributed by atoms with E-state index in [0.29, 0.717) is 12.6 Å². The molecule has 1 aliphatic heterocycles. The molecule has 0 bridgehead atoms. The van der Waals surface area contributed by atoms with Crippen molar-refractivity contribution in [3.63, 3.8) is 0 Å². The van der Waals surface area contributed by atoms with Crippen LogP contribution in [0.5, 0.6) is 0 Å². The normalized spacial score (nSPS) is 21.7. The average Bonchev–Trinajstić information content (AvgIpc) is 2.54. The second-order valence-corrected chi connectivity index (χ2v) is 2.70. The molecule has 0 aromatic heterocycles. The van der Waals surface area contributed by atoms with Gasteiger partial charge in [-0.05, 0) is 5.56 Å². The molecule has 2 N–H and O–H groups in total. The molecule has 0 spiro atoms. The minimum atomic E-state index is 0.0196. The van der Waals surface area contributed by atoms with Crippen molar-refractivity contribution < 1.29 is 4.74 Å². The number of ether oxygens (including phenoxy) is 1. The van der Waals surface area contributed by atoms with Crippen molar-refractivity contribution >= 4 is 6.02 Å². The van der Waals surface area contributed by atoms with Gasteiger partial charge >= 0.3 is 0 Å². The summed E-state index contributed by atoms with van der Waals surface area (Å²) in [6.45, 7) is 0.635. The Kier molecular flexibility index (Phi) is 1.70. The van der Waals surface area contributed by atoms with E-state index in [1.54, 1.807) is 0 Å². The first-order valence-corrected chi connectivity index (χ1v) is 3.88. The molecular weight excluding hydrogens is 152 g/mol. The van der Waals surface area contributed by atoms with Gasteiger partial charge in [0, 0.05) is 0 Å². The van der Waals surface area contributed by atoms with Crippen LogP contribution in [0, 0.1) is 0 Å². The van der Waals surface area contributed by atoms with Crippen LogP contribution >= 0.6 is 0 Å². The largest absolute Gasteiger partial charge is 0.455 e. The Morgan fingerprint density at radius 1 is 1.33 bits per heavy atom. The van der Waals surface area contributed by atoms with Gasteiger partial charge in [0.25, 0.3) is 6.02 Å². The Morgan fingerprint density at radius 2 is 2.08 bits per heavy atom. The summed E-state index contributed by atoms with van der Waals surface area (Å²) in [4.78, 5) is 3.97. The van der Waals surface area contributed by atoms with E-state index >= 15 is 0 Å². The van der Waals surface area contributed by atoms with E-state index in [9.17, 15) is 0 Å². The molecule has 0 saturated carbocycles. The van der Waals surface area contributed by atoms with Gasteiger partial charge in [-0.25, -0.2) is 4.99 Å². The number of nitrogens with zero attached hydrogens (tertiary/aromatic N) is 1. The third-order valence-electron chi connectivity index (χ3n) is 1.85. The van der Waals surface area contributed by atoms with E-state index in [1.807, 2.05) is 30.3 Å². The summed E-state index contributed by atoms with van der Waals surface area (Å²) >= 11 is 0. The third-order valence-corrected chi connectivity index (χ3v) is 1.85. The molecule has 0 saturated heterocycles. The second kappa shape index (κ2) is 2.85. The predicted molar refractivity (Wildman–Crippen MR) is 46.8 cm³/mol. The minimum absolute atomic E-state index is 0.0196. The van der Waals surface area contributed by atoms with Gasteiger partial charge < -0.3 is 10.5 Å². The van der Waals surface area contributed by atoms with Crippen molar-refractivity contribution in [2.45, 2.75) is 6.10 Å². The van der Waals surface area contributed by atoms with Crippen LogP contribution in [-0.4, -0.2) is 12.6 Å². The highest BCUT2D eigenvalue weighted by molar-refractivity contribution is 5.73. The van der Waals surface area contributed by atoms with Gasteiger partial charge in [-0.1, -0.05) is 30.3 Å². The van der Waals surface area contributed by atoms with Crippen molar-refractivity contribution in [1.82, 2.24) is 0 Å². The SMILES string of the molecule is NC1=NC[C@H](c2ccccc2)O1. The summed E-state index contributed by atoms with van der Waals surface area (Å²) in [5.74, 6) is 0. The Bertz CT molecular complexity index is 295. The van der Waals surface area contributed by atoms with Gasteiger partial charge in [-0.2, -0.15) is 0 Å². The number of benzene rings is 1.